The van der Waals surface area contributed by atoms with E-state index in [9.17, 15) is 23.1 Å². The molecule has 3 atom stereocenters. The SMILES string of the molecule is COc1ccc(NC(=O)N(C)C[C@@H]2Oc3ccc(NS(=O)(=O)c4ccc(OC)cc4)cc3CC(=O)N([C@@H](C)CO)C[C@H]2C)cc1. The number of nitrogens with zero attached hydrogens (tertiary/aromatic N) is 2. The van der Waals surface area contributed by atoms with Crippen molar-refractivity contribution in [1.82, 2.24) is 9.80 Å². The lowest BCUT2D eigenvalue weighted by molar-refractivity contribution is -0.134. The second-order valence-corrected chi connectivity index (χ2v) is 12.7. The Kier molecular flexibility index (Phi) is 10.8. The molecule has 3 aromatic rings. The summed E-state index contributed by atoms with van der Waals surface area (Å²) in [6, 6.07) is 16.9. The van der Waals surface area contributed by atoms with E-state index in [1.54, 1.807) is 80.6 Å². The number of ether oxygens (including phenoxy) is 3. The molecule has 3 amide bonds. The van der Waals surface area contributed by atoms with Gasteiger partial charge in [-0.25, -0.2) is 13.2 Å². The number of fused-ring (bicyclic) bond motifs is 1. The zero-order valence-electron chi connectivity index (χ0n) is 26.0. The van der Waals surface area contributed by atoms with Gasteiger partial charge in [0.25, 0.3) is 10.0 Å². The van der Waals surface area contributed by atoms with Crippen molar-refractivity contribution in [1.29, 1.82) is 0 Å². The molecule has 3 N–H and O–H groups in total. The highest BCUT2D eigenvalue weighted by molar-refractivity contribution is 7.92. The van der Waals surface area contributed by atoms with Gasteiger partial charge in [0, 0.05) is 36.4 Å². The summed E-state index contributed by atoms with van der Waals surface area (Å²) in [7, 11) is 0.773. The van der Waals surface area contributed by atoms with Crippen LogP contribution in [0.4, 0.5) is 16.2 Å². The average Bonchev–Trinajstić information content (AvgIpc) is 3.08. The van der Waals surface area contributed by atoms with Crippen LogP contribution in [0.2, 0.25) is 0 Å². The zero-order valence-corrected chi connectivity index (χ0v) is 26.8. The highest BCUT2D eigenvalue weighted by atomic mass is 32.2. The van der Waals surface area contributed by atoms with Crippen LogP contribution in [0, 0.1) is 5.92 Å². The summed E-state index contributed by atoms with van der Waals surface area (Å²) in [5.41, 5.74) is 1.32. The number of benzene rings is 3. The zero-order chi connectivity index (χ0) is 32.7. The monoisotopic (exact) mass is 640 g/mol. The van der Waals surface area contributed by atoms with Crippen LogP contribution >= 0.6 is 0 Å². The Hall–Kier alpha value is -4.49. The average molecular weight is 641 g/mol. The van der Waals surface area contributed by atoms with Crippen molar-refractivity contribution < 1.29 is 37.3 Å². The van der Waals surface area contributed by atoms with E-state index in [0.29, 0.717) is 28.5 Å². The standard InChI is InChI=1S/C32H40N4O8S/c1-21-18-36(22(2)20-37)31(38)17-23-16-25(34-45(40,41)28-13-11-27(43-5)12-14-28)8-15-29(23)44-30(21)19-35(3)32(39)33-24-6-9-26(42-4)10-7-24/h6-16,21-22,30,34,37H,17-20H2,1-5H3,(H,33,39)/t21-,22+,30+/m1/s1. The van der Waals surface area contributed by atoms with E-state index < -0.39 is 22.2 Å². The molecule has 0 spiro atoms. The van der Waals surface area contributed by atoms with Gasteiger partial charge in [-0.15, -0.1) is 0 Å². The number of likely N-dealkylation sites (N-methyl/N-ethyl adjacent to an activating group) is 1. The van der Waals surface area contributed by atoms with Gasteiger partial charge in [0.1, 0.15) is 23.4 Å². The molecule has 13 heteroatoms. The first-order valence-corrected chi connectivity index (χ1v) is 15.9. The number of hydrogen-bond acceptors (Lipinski definition) is 8. The van der Waals surface area contributed by atoms with Gasteiger partial charge in [-0.1, -0.05) is 6.92 Å². The number of sulfonamides is 1. The summed E-state index contributed by atoms with van der Waals surface area (Å²) in [6.07, 6.45) is -0.623. The fourth-order valence-corrected chi connectivity index (χ4v) is 5.98. The lowest BCUT2D eigenvalue weighted by Crippen LogP contribution is -2.48. The molecule has 0 saturated carbocycles. The number of urea groups is 1. The van der Waals surface area contributed by atoms with Crippen LogP contribution in [0.25, 0.3) is 0 Å². The van der Waals surface area contributed by atoms with Crippen molar-refractivity contribution in [2.24, 2.45) is 5.92 Å². The molecular formula is C32H40N4O8S. The summed E-state index contributed by atoms with van der Waals surface area (Å²) in [4.78, 5) is 29.7. The van der Waals surface area contributed by atoms with E-state index in [0.717, 1.165) is 0 Å². The molecule has 0 aromatic heterocycles. The van der Waals surface area contributed by atoms with Crippen molar-refractivity contribution >= 4 is 33.3 Å². The summed E-state index contributed by atoms with van der Waals surface area (Å²) in [5.74, 6) is 1.11. The lowest BCUT2D eigenvalue weighted by atomic mass is 10.0. The maximum Gasteiger partial charge on any atom is 0.321 e. The van der Waals surface area contributed by atoms with Crippen molar-refractivity contribution in [3.63, 3.8) is 0 Å². The summed E-state index contributed by atoms with van der Waals surface area (Å²) >= 11 is 0. The second-order valence-electron chi connectivity index (χ2n) is 11.0. The number of carbonyl (C=O) groups excluding carboxylic acids is 2. The van der Waals surface area contributed by atoms with Crippen molar-refractivity contribution in [2.45, 2.75) is 37.3 Å². The summed E-state index contributed by atoms with van der Waals surface area (Å²) in [5, 5.41) is 12.8. The van der Waals surface area contributed by atoms with Gasteiger partial charge in [-0.2, -0.15) is 0 Å². The molecule has 0 radical (unpaired) electrons. The number of anilines is 2. The van der Waals surface area contributed by atoms with Crippen molar-refractivity contribution in [2.75, 3.05) is 51.0 Å². The first-order valence-electron chi connectivity index (χ1n) is 14.5. The van der Waals surface area contributed by atoms with Crippen molar-refractivity contribution in [3.8, 4) is 17.2 Å². The van der Waals surface area contributed by atoms with Gasteiger partial charge < -0.3 is 34.4 Å². The molecule has 0 unspecified atom stereocenters. The van der Waals surface area contributed by atoms with Crippen LogP contribution in [-0.4, -0.2) is 88.4 Å². The molecule has 4 rings (SSSR count). The predicted octanol–water partition coefficient (Wildman–Crippen LogP) is 3.82. The Morgan fingerprint density at radius 3 is 2.24 bits per heavy atom. The number of carbonyl (C=O) groups is 2. The number of methoxy groups -OCH3 is 2. The van der Waals surface area contributed by atoms with Crippen molar-refractivity contribution in [3.05, 3.63) is 72.3 Å². The van der Waals surface area contributed by atoms with Crippen LogP contribution < -0.4 is 24.2 Å². The number of rotatable bonds is 10. The van der Waals surface area contributed by atoms with Gasteiger partial charge in [-0.05, 0) is 73.7 Å². The van der Waals surface area contributed by atoms with E-state index in [1.807, 2.05) is 6.92 Å². The fraction of sp³-hybridized carbons (Fsp3) is 0.375. The molecule has 12 nitrogen and oxygen atoms in total. The van der Waals surface area contributed by atoms with Gasteiger partial charge in [0.05, 0.1) is 44.7 Å². The molecular weight excluding hydrogens is 600 g/mol. The molecule has 0 aliphatic carbocycles. The van der Waals surface area contributed by atoms with Crippen LogP contribution in [0.15, 0.2) is 71.6 Å². The maximum absolute atomic E-state index is 13.5. The van der Waals surface area contributed by atoms with Crippen LogP contribution in [0.5, 0.6) is 17.2 Å². The third-order valence-corrected chi connectivity index (χ3v) is 9.08. The molecule has 0 bridgehead atoms. The van der Waals surface area contributed by atoms with Gasteiger partial charge in [0.15, 0.2) is 0 Å². The van der Waals surface area contributed by atoms with Gasteiger partial charge >= 0.3 is 6.03 Å². The summed E-state index contributed by atoms with van der Waals surface area (Å²) < 4.78 is 45.5. The second kappa shape index (κ2) is 14.5. The first kappa shape index (κ1) is 33.4. The molecule has 1 heterocycles. The topological polar surface area (TPSA) is 147 Å². The van der Waals surface area contributed by atoms with E-state index in [-0.39, 0.29) is 54.6 Å². The lowest BCUT2D eigenvalue weighted by Gasteiger charge is -2.34. The Morgan fingerprint density at radius 2 is 1.64 bits per heavy atom. The highest BCUT2D eigenvalue weighted by Gasteiger charge is 2.32. The Balaban J connectivity index is 1.59. The minimum atomic E-state index is -3.94. The Labute approximate surface area is 263 Å². The minimum absolute atomic E-state index is 0.0481. The smallest absolute Gasteiger partial charge is 0.321 e. The number of nitrogens with one attached hydrogen (secondary N) is 2. The molecule has 1 aliphatic heterocycles. The Morgan fingerprint density at radius 1 is 1.04 bits per heavy atom. The van der Waals surface area contributed by atoms with E-state index >= 15 is 0 Å². The number of aliphatic hydroxyl groups is 1. The van der Waals surface area contributed by atoms with Gasteiger partial charge in [0.2, 0.25) is 5.91 Å². The summed E-state index contributed by atoms with van der Waals surface area (Å²) in [6.45, 7) is 3.91. The number of aliphatic hydroxyl groups excluding tert-OH is 1. The molecule has 242 valence electrons. The Bertz CT molecular complexity index is 1580. The third-order valence-electron chi connectivity index (χ3n) is 7.68. The minimum Gasteiger partial charge on any atom is -0.497 e. The normalized spacial score (nSPS) is 17.5. The molecule has 0 fully saturated rings. The van der Waals surface area contributed by atoms with E-state index in [2.05, 4.69) is 10.0 Å². The van der Waals surface area contributed by atoms with Gasteiger partial charge in [-0.3, -0.25) is 9.52 Å². The number of hydrogen-bond donors (Lipinski definition) is 3. The maximum atomic E-state index is 13.5. The number of amides is 3. The molecule has 3 aromatic carbocycles. The highest BCUT2D eigenvalue weighted by Crippen LogP contribution is 2.30. The van der Waals surface area contributed by atoms with E-state index in [4.69, 9.17) is 14.2 Å². The predicted molar refractivity (Wildman–Crippen MR) is 170 cm³/mol. The third kappa shape index (κ3) is 8.37. The molecule has 0 saturated heterocycles. The quantitative estimate of drug-likeness (QED) is 0.303. The molecule has 45 heavy (non-hydrogen) atoms. The van der Waals surface area contributed by atoms with Crippen LogP contribution in [-0.2, 0) is 21.2 Å². The van der Waals surface area contributed by atoms with E-state index in [1.165, 1.54) is 24.1 Å². The molecule has 1 aliphatic rings. The van der Waals surface area contributed by atoms with Crippen LogP contribution in [0.3, 0.4) is 0 Å². The largest absolute Gasteiger partial charge is 0.497 e. The van der Waals surface area contributed by atoms with Crippen LogP contribution in [0.1, 0.15) is 19.4 Å². The fourth-order valence-electron chi connectivity index (χ4n) is 4.93. The first-order chi connectivity index (χ1) is 21.4.